The number of unbranched alkanes of at least 4 members (excludes halogenated alkanes) is 4. The third-order valence-corrected chi connectivity index (χ3v) is 3.90. The lowest BCUT2D eigenvalue weighted by molar-refractivity contribution is 0.0639. The van der Waals surface area contributed by atoms with E-state index in [-0.39, 0.29) is 5.60 Å². The second-order valence-electron chi connectivity index (χ2n) is 6.00. The zero-order valence-corrected chi connectivity index (χ0v) is 14.2. The quantitative estimate of drug-likeness (QED) is 0.513. The molecule has 0 saturated carbocycles. The lowest BCUT2D eigenvalue weighted by Gasteiger charge is -2.31. The lowest BCUT2D eigenvalue weighted by atomic mass is 9.92. The highest BCUT2D eigenvalue weighted by molar-refractivity contribution is 5.26. The average molecular weight is 293 g/mol. The Morgan fingerprint density at radius 1 is 1.05 bits per heavy atom. The maximum absolute atomic E-state index is 6.31. The molecule has 0 aliphatic heterocycles. The summed E-state index contributed by atoms with van der Waals surface area (Å²) in [4.78, 5) is 4.13. The van der Waals surface area contributed by atoms with Crippen LogP contribution in [0.4, 0.5) is 0 Å². The number of hydrogen-bond donors (Lipinski definition) is 0. The van der Waals surface area contributed by atoms with Crippen molar-refractivity contribution in [1.29, 1.82) is 0 Å². The molecule has 3 heteroatoms. The Bertz CT molecular complexity index is 395. The number of pyridine rings is 1. The van der Waals surface area contributed by atoms with Crippen molar-refractivity contribution in [1.82, 2.24) is 4.98 Å². The van der Waals surface area contributed by atoms with Crippen LogP contribution in [0.15, 0.2) is 18.3 Å². The van der Waals surface area contributed by atoms with E-state index in [0.717, 1.165) is 18.6 Å². The Hall–Kier alpha value is -1.25. The van der Waals surface area contributed by atoms with Crippen molar-refractivity contribution in [2.45, 2.75) is 77.7 Å². The molecule has 1 unspecified atom stereocenters. The minimum absolute atomic E-state index is 0.0872. The van der Waals surface area contributed by atoms with E-state index in [1.807, 2.05) is 12.1 Å². The van der Waals surface area contributed by atoms with Crippen molar-refractivity contribution in [2.75, 3.05) is 7.11 Å². The molecule has 0 amide bonds. The van der Waals surface area contributed by atoms with Gasteiger partial charge in [-0.3, -0.25) is 0 Å². The maximum Gasteiger partial charge on any atom is 0.216 e. The van der Waals surface area contributed by atoms with Gasteiger partial charge in [0.05, 0.1) is 7.11 Å². The molecule has 0 radical (unpaired) electrons. The molecule has 1 aromatic heterocycles. The highest BCUT2D eigenvalue weighted by Gasteiger charge is 2.25. The first-order valence-corrected chi connectivity index (χ1v) is 8.32. The first kappa shape index (κ1) is 17.8. The first-order chi connectivity index (χ1) is 10.1. The molecule has 1 rings (SSSR count). The molecule has 3 nitrogen and oxygen atoms in total. The van der Waals surface area contributed by atoms with Crippen LogP contribution >= 0.6 is 0 Å². The summed E-state index contributed by atoms with van der Waals surface area (Å²) in [5, 5.41) is 0. The van der Waals surface area contributed by atoms with Crippen LogP contribution in [-0.2, 0) is 0 Å². The van der Waals surface area contributed by atoms with Gasteiger partial charge in [-0.1, -0.05) is 39.5 Å². The van der Waals surface area contributed by atoms with Gasteiger partial charge in [-0.25, -0.2) is 4.98 Å². The molecule has 21 heavy (non-hydrogen) atoms. The van der Waals surface area contributed by atoms with Gasteiger partial charge in [0.25, 0.3) is 0 Å². The largest absolute Gasteiger partial charge is 0.487 e. The van der Waals surface area contributed by atoms with Crippen LogP contribution in [0.2, 0.25) is 0 Å². The lowest BCUT2D eigenvalue weighted by Crippen LogP contribution is -2.32. The number of ether oxygens (including phenoxy) is 2. The zero-order chi connectivity index (χ0) is 15.6. The summed E-state index contributed by atoms with van der Waals surface area (Å²) in [5.74, 6) is 1.47. The molecule has 0 aromatic carbocycles. The monoisotopic (exact) mass is 293 g/mol. The van der Waals surface area contributed by atoms with Gasteiger partial charge in [0.2, 0.25) is 5.88 Å². The Morgan fingerprint density at radius 3 is 2.43 bits per heavy atom. The van der Waals surface area contributed by atoms with Crippen molar-refractivity contribution in [3.63, 3.8) is 0 Å². The number of nitrogens with zero attached hydrogens (tertiary/aromatic N) is 1. The fourth-order valence-electron chi connectivity index (χ4n) is 2.55. The van der Waals surface area contributed by atoms with Gasteiger partial charge in [0.15, 0.2) is 0 Å². The Kier molecular flexibility index (Phi) is 8.17. The minimum Gasteiger partial charge on any atom is -0.487 e. The van der Waals surface area contributed by atoms with Crippen molar-refractivity contribution in [3.05, 3.63) is 18.3 Å². The summed E-state index contributed by atoms with van der Waals surface area (Å²) in [6.45, 7) is 6.71. The Labute approximate surface area is 130 Å². The topological polar surface area (TPSA) is 31.4 Å². The summed E-state index contributed by atoms with van der Waals surface area (Å²) in [7, 11) is 1.63. The summed E-state index contributed by atoms with van der Waals surface area (Å²) < 4.78 is 11.5. The van der Waals surface area contributed by atoms with Gasteiger partial charge in [0.1, 0.15) is 11.4 Å². The van der Waals surface area contributed by atoms with Crippen molar-refractivity contribution < 1.29 is 9.47 Å². The molecule has 1 atom stereocenters. The van der Waals surface area contributed by atoms with Crippen molar-refractivity contribution >= 4 is 0 Å². The fraction of sp³-hybridized carbons (Fsp3) is 0.722. The predicted octanol–water partition coefficient (Wildman–Crippen LogP) is 5.39. The van der Waals surface area contributed by atoms with Crippen LogP contribution in [0.25, 0.3) is 0 Å². The zero-order valence-electron chi connectivity index (χ0n) is 14.2. The number of aromatic nitrogens is 1. The standard InChI is InChI=1S/C18H31NO2/c1-5-7-9-10-13-18(3,12-8-6-2)21-16-11-14-19-17(15-16)20-4/h11,14-15H,5-10,12-13H2,1-4H3. The molecule has 0 aliphatic rings. The summed E-state index contributed by atoms with van der Waals surface area (Å²) in [6.07, 6.45) is 11.5. The molecular formula is C18H31NO2. The summed E-state index contributed by atoms with van der Waals surface area (Å²) in [6, 6.07) is 3.79. The molecule has 0 saturated heterocycles. The van der Waals surface area contributed by atoms with E-state index in [1.54, 1.807) is 13.3 Å². The van der Waals surface area contributed by atoms with Gasteiger partial charge in [0, 0.05) is 12.3 Å². The van der Waals surface area contributed by atoms with E-state index in [2.05, 4.69) is 25.8 Å². The van der Waals surface area contributed by atoms with Gasteiger partial charge >= 0.3 is 0 Å². The Morgan fingerprint density at radius 2 is 1.76 bits per heavy atom. The average Bonchev–Trinajstić information content (AvgIpc) is 2.50. The maximum atomic E-state index is 6.31. The van der Waals surface area contributed by atoms with E-state index >= 15 is 0 Å². The minimum atomic E-state index is -0.0872. The summed E-state index contributed by atoms with van der Waals surface area (Å²) >= 11 is 0. The summed E-state index contributed by atoms with van der Waals surface area (Å²) in [5.41, 5.74) is -0.0872. The van der Waals surface area contributed by atoms with Gasteiger partial charge in [-0.2, -0.15) is 0 Å². The van der Waals surface area contributed by atoms with E-state index in [1.165, 1.54) is 38.5 Å². The molecular weight excluding hydrogens is 262 g/mol. The molecule has 0 aliphatic carbocycles. The Balaban J connectivity index is 2.65. The SMILES string of the molecule is CCCCCCC(C)(CCCC)Oc1ccnc(OC)c1. The third-order valence-electron chi connectivity index (χ3n) is 3.90. The van der Waals surface area contributed by atoms with E-state index < -0.39 is 0 Å². The first-order valence-electron chi connectivity index (χ1n) is 8.32. The molecule has 1 aromatic rings. The van der Waals surface area contributed by atoms with E-state index in [0.29, 0.717) is 5.88 Å². The van der Waals surface area contributed by atoms with Crippen LogP contribution in [0, 0.1) is 0 Å². The van der Waals surface area contributed by atoms with Crippen LogP contribution in [0.3, 0.4) is 0 Å². The van der Waals surface area contributed by atoms with E-state index in [4.69, 9.17) is 9.47 Å². The molecule has 0 N–H and O–H groups in total. The molecule has 120 valence electrons. The van der Waals surface area contributed by atoms with Gasteiger partial charge in [-0.15, -0.1) is 0 Å². The normalized spacial score (nSPS) is 13.7. The second-order valence-corrected chi connectivity index (χ2v) is 6.00. The third kappa shape index (κ3) is 6.83. The molecule has 0 fully saturated rings. The fourth-order valence-corrected chi connectivity index (χ4v) is 2.55. The molecule has 1 heterocycles. The van der Waals surface area contributed by atoms with Crippen molar-refractivity contribution in [2.24, 2.45) is 0 Å². The smallest absolute Gasteiger partial charge is 0.216 e. The second kappa shape index (κ2) is 9.64. The van der Waals surface area contributed by atoms with Crippen molar-refractivity contribution in [3.8, 4) is 11.6 Å². The highest BCUT2D eigenvalue weighted by atomic mass is 16.5. The van der Waals surface area contributed by atoms with E-state index in [9.17, 15) is 0 Å². The molecule has 0 bridgehead atoms. The predicted molar refractivity (Wildman–Crippen MR) is 88.1 cm³/mol. The molecule has 0 spiro atoms. The number of rotatable bonds is 11. The van der Waals surface area contributed by atoms with Gasteiger partial charge in [-0.05, 0) is 38.7 Å². The van der Waals surface area contributed by atoms with Crippen LogP contribution in [0.1, 0.15) is 72.1 Å². The van der Waals surface area contributed by atoms with Gasteiger partial charge < -0.3 is 9.47 Å². The number of methoxy groups -OCH3 is 1. The van der Waals surface area contributed by atoms with Crippen LogP contribution in [0.5, 0.6) is 11.6 Å². The van der Waals surface area contributed by atoms with Crippen LogP contribution < -0.4 is 9.47 Å². The number of hydrogen-bond acceptors (Lipinski definition) is 3. The highest BCUT2D eigenvalue weighted by Crippen LogP contribution is 2.29. The van der Waals surface area contributed by atoms with Crippen LogP contribution in [-0.4, -0.2) is 17.7 Å².